The molecule has 0 bridgehead atoms. The van der Waals surface area contributed by atoms with E-state index in [1.165, 1.54) is 24.3 Å². The number of rotatable bonds is 9. The zero-order valence-corrected chi connectivity index (χ0v) is 22.4. The molecule has 1 amide bonds. The van der Waals surface area contributed by atoms with Crippen LogP contribution in [0.2, 0.25) is 0 Å². The summed E-state index contributed by atoms with van der Waals surface area (Å²) in [5.74, 6) is -0.530. The Morgan fingerprint density at radius 2 is 1.74 bits per heavy atom. The molecule has 0 aromatic heterocycles. The summed E-state index contributed by atoms with van der Waals surface area (Å²) < 4.78 is 28.0. The third-order valence-electron chi connectivity index (χ3n) is 6.97. The van der Waals surface area contributed by atoms with Crippen LogP contribution in [-0.2, 0) is 13.0 Å². The van der Waals surface area contributed by atoms with Gasteiger partial charge in [0, 0.05) is 30.2 Å². The van der Waals surface area contributed by atoms with Crippen molar-refractivity contribution in [3.8, 4) is 11.1 Å². The van der Waals surface area contributed by atoms with Gasteiger partial charge in [-0.25, -0.2) is 8.78 Å². The molecule has 1 aliphatic rings. The number of nitrogens with one attached hydrogen (secondary N) is 1. The minimum absolute atomic E-state index is 0.0510. The molecule has 2 N–H and O–H groups in total. The molecule has 2 atom stereocenters. The van der Waals surface area contributed by atoms with Crippen LogP contribution >= 0.6 is 11.8 Å². The first-order valence-corrected chi connectivity index (χ1v) is 13.9. The zero-order valence-electron chi connectivity index (χ0n) is 21.6. The van der Waals surface area contributed by atoms with Crippen molar-refractivity contribution in [2.24, 2.45) is 0 Å². The lowest BCUT2D eigenvalue weighted by Gasteiger charge is -2.20. The highest BCUT2D eigenvalue weighted by molar-refractivity contribution is 7.99. The Morgan fingerprint density at radius 3 is 2.49 bits per heavy atom. The first-order valence-electron chi connectivity index (χ1n) is 12.9. The van der Waals surface area contributed by atoms with E-state index in [4.69, 9.17) is 0 Å². The molecule has 0 saturated heterocycles. The van der Waals surface area contributed by atoms with E-state index in [2.05, 4.69) is 10.2 Å². The zero-order chi connectivity index (χ0) is 27.4. The Balaban J connectivity index is 1.22. The smallest absolute Gasteiger partial charge is 0.254 e. The molecule has 0 radical (unpaired) electrons. The molecule has 0 spiro atoms. The molecule has 200 valence electrons. The van der Waals surface area contributed by atoms with Gasteiger partial charge < -0.3 is 15.3 Å². The number of nitrogens with zero attached hydrogens (tertiary/aromatic N) is 1. The molecule has 0 unspecified atom stereocenters. The van der Waals surface area contributed by atoms with E-state index in [-0.39, 0.29) is 11.4 Å². The second-order valence-electron chi connectivity index (χ2n) is 9.86. The minimum atomic E-state index is -0.782. The van der Waals surface area contributed by atoms with Crippen molar-refractivity contribution in [3.05, 3.63) is 125 Å². The highest BCUT2D eigenvalue weighted by Crippen LogP contribution is 2.33. The molecule has 4 aromatic carbocycles. The fourth-order valence-corrected chi connectivity index (χ4v) is 5.88. The van der Waals surface area contributed by atoms with Gasteiger partial charge in [0.2, 0.25) is 0 Å². The van der Waals surface area contributed by atoms with Gasteiger partial charge in [0.25, 0.3) is 5.91 Å². The Morgan fingerprint density at radius 1 is 0.974 bits per heavy atom. The Bertz CT molecular complexity index is 1450. The van der Waals surface area contributed by atoms with Crippen LogP contribution in [0, 0.1) is 11.6 Å². The topological polar surface area (TPSA) is 52.6 Å². The average Bonchev–Trinajstić information content (AvgIpc) is 3.24. The quantitative estimate of drug-likeness (QED) is 0.245. The van der Waals surface area contributed by atoms with E-state index in [1.807, 2.05) is 55.6 Å². The molecule has 4 aromatic rings. The van der Waals surface area contributed by atoms with Gasteiger partial charge in [0.15, 0.2) is 0 Å². The number of aliphatic hydroxyl groups is 1. The van der Waals surface area contributed by atoms with E-state index in [1.54, 1.807) is 30.0 Å². The van der Waals surface area contributed by atoms with Crippen molar-refractivity contribution >= 4 is 17.7 Å². The molecule has 0 saturated carbocycles. The molecular weight excluding hydrogens is 514 g/mol. The molecule has 4 nitrogen and oxygen atoms in total. The number of amides is 1. The molecule has 7 heteroatoms. The summed E-state index contributed by atoms with van der Waals surface area (Å²) in [6.45, 7) is 1.53. The number of hydrogen-bond donors (Lipinski definition) is 2. The second kappa shape index (κ2) is 12.1. The molecule has 39 heavy (non-hydrogen) atoms. The monoisotopic (exact) mass is 544 g/mol. The van der Waals surface area contributed by atoms with Gasteiger partial charge in [-0.05, 0) is 71.3 Å². The first kappa shape index (κ1) is 27.1. The van der Waals surface area contributed by atoms with Crippen LogP contribution < -0.4 is 5.32 Å². The number of carbonyl (C=O) groups is 1. The van der Waals surface area contributed by atoms with Crippen LogP contribution in [0.3, 0.4) is 0 Å². The van der Waals surface area contributed by atoms with Gasteiger partial charge in [-0.2, -0.15) is 0 Å². The summed E-state index contributed by atoms with van der Waals surface area (Å²) in [6.07, 6.45) is -0.351. The molecule has 0 aliphatic heterocycles. The average molecular weight is 545 g/mol. The maximum atomic E-state index is 14.9. The minimum Gasteiger partial charge on any atom is -0.390 e. The molecule has 0 fully saturated rings. The van der Waals surface area contributed by atoms with Crippen molar-refractivity contribution in [2.45, 2.75) is 30.0 Å². The summed E-state index contributed by atoms with van der Waals surface area (Å²) in [6, 6.07) is 26.0. The third-order valence-corrected chi connectivity index (χ3v) is 7.97. The summed E-state index contributed by atoms with van der Waals surface area (Å²) in [5.41, 5.74) is 4.42. The molecule has 1 aliphatic carbocycles. The highest BCUT2D eigenvalue weighted by Gasteiger charge is 2.33. The second-order valence-corrected chi connectivity index (χ2v) is 11.0. The van der Waals surface area contributed by atoms with Gasteiger partial charge in [0.1, 0.15) is 11.6 Å². The van der Waals surface area contributed by atoms with E-state index in [0.717, 1.165) is 39.4 Å². The van der Waals surface area contributed by atoms with Crippen molar-refractivity contribution < 1.29 is 18.7 Å². The van der Waals surface area contributed by atoms with E-state index >= 15 is 0 Å². The van der Waals surface area contributed by atoms with Crippen LogP contribution in [0.4, 0.5) is 8.78 Å². The predicted octanol–water partition coefficient (Wildman–Crippen LogP) is 6.24. The maximum absolute atomic E-state index is 14.9. The van der Waals surface area contributed by atoms with Gasteiger partial charge in [-0.3, -0.25) is 4.79 Å². The van der Waals surface area contributed by atoms with Crippen molar-refractivity contribution in [1.29, 1.82) is 0 Å². The molecule has 0 heterocycles. The van der Waals surface area contributed by atoms with Gasteiger partial charge >= 0.3 is 0 Å². The summed E-state index contributed by atoms with van der Waals surface area (Å²) in [4.78, 5) is 16.3. The van der Waals surface area contributed by atoms with Crippen LogP contribution in [0.5, 0.6) is 0 Å². The Labute approximate surface area is 231 Å². The third kappa shape index (κ3) is 6.56. The normalized spacial score (nSPS) is 16.3. The number of halogens is 2. The van der Waals surface area contributed by atoms with Crippen LogP contribution in [-0.4, -0.2) is 41.4 Å². The number of benzene rings is 4. The van der Waals surface area contributed by atoms with Crippen molar-refractivity contribution in [3.63, 3.8) is 0 Å². The van der Waals surface area contributed by atoms with E-state index in [0.29, 0.717) is 18.5 Å². The van der Waals surface area contributed by atoms with E-state index in [9.17, 15) is 18.7 Å². The number of carbonyl (C=O) groups excluding carboxylic acids is 1. The van der Waals surface area contributed by atoms with E-state index < -0.39 is 23.9 Å². The lowest BCUT2D eigenvalue weighted by atomic mass is 10.0. The molecular formula is C32H30F2N2O2S. The fraction of sp³-hybridized carbons (Fsp3) is 0.219. The van der Waals surface area contributed by atoms with Crippen LogP contribution in [0.1, 0.15) is 33.1 Å². The maximum Gasteiger partial charge on any atom is 0.254 e. The fourth-order valence-electron chi connectivity index (χ4n) is 4.91. The number of hydrogen-bond acceptors (Lipinski definition) is 4. The number of aliphatic hydroxyl groups excluding tert-OH is 1. The largest absolute Gasteiger partial charge is 0.390 e. The predicted molar refractivity (Wildman–Crippen MR) is 152 cm³/mol. The Kier molecular flexibility index (Phi) is 8.41. The van der Waals surface area contributed by atoms with Crippen LogP contribution in [0.15, 0.2) is 95.9 Å². The SMILES string of the molecule is CN(CCSc1ccc(F)cc1)Cc1ccc2c(c1)[C@@H](NC(=O)c1ccc(-c3ccccc3)cc1F)[C@H](O)C2. The summed E-state index contributed by atoms with van der Waals surface area (Å²) in [7, 11) is 2.04. The highest BCUT2D eigenvalue weighted by atomic mass is 32.2. The lowest BCUT2D eigenvalue weighted by Crippen LogP contribution is -2.34. The Hall–Kier alpha value is -3.52. The van der Waals surface area contributed by atoms with Gasteiger partial charge in [0.05, 0.1) is 17.7 Å². The van der Waals surface area contributed by atoms with Gasteiger partial charge in [-0.15, -0.1) is 11.8 Å². The number of thioether (sulfide) groups is 1. The number of fused-ring (bicyclic) bond motifs is 1. The standard InChI is InChI=1S/C32H30F2N2O2S/c1-36(15-16-39-26-12-10-25(33)11-13-26)20-21-7-8-24-19-30(37)31(28(24)17-21)35-32(38)27-14-9-23(18-29(27)34)22-5-3-2-4-6-22/h2-14,17-18,30-31,37H,15-16,19-20H2,1H3,(H,35,38)/t30-,31-/m1/s1. The van der Waals surface area contributed by atoms with Crippen molar-refractivity contribution in [2.75, 3.05) is 19.3 Å². The van der Waals surface area contributed by atoms with Crippen LogP contribution in [0.25, 0.3) is 11.1 Å². The van der Waals surface area contributed by atoms with Crippen molar-refractivity contribution in [1.82, 2.24) is 10.2 Å². The summed E-state index contributed by atoms with van der Waals surface area (Å²) in [5, 5.41) is 13.6. The lowest BCUT2D eigenvalue weighted by molar-refractivity contribution is 0.0854. The van der Waals surface area contributed by atoms with Gasteiger partial charge in [-0.1, -0.05) is 54.6 Å². The molecule has 5 rings (SSSR count). The first-order chi connectivity index (χ1) is 18.9. The summed E-state index contributed by atoms with van der Waals surface area (Å²) >= 11 is 1.67.